The lowest BCUT2D eigenvalue weighted by molar-refractivity contribution is -0.139. The van der Waals surface area contributed by atoms with E-state index in [2.05, 4.69) is 5.32 Å². The summed E-state index contributed by atoms with van der Waals surface area (Å²) in [6, 6.07) is 5.92. The van der Waals surface area contributed by atoms with Crippen LogP contribution in [0.5, 0.6) is 5.75 Å². The fourth-order valence-electron chi connectivity index (χ4n) is 1.46. The van der Waals surface area contributed by atoms with E-state index in [-0.39, 0.29) is 5.75 Å². The number of aliphatic carboxylic acids is 1. The highest BCUT2D eigenvalue weighted by Crippen LogP contribution is 2.25. The molecule has 0 amide bonds. The fraction of sp³-hybridized carbons (Fsp3) is 0.364. The first-order valence-electron chi connectivity index (χ1n) is 4.94. The van der Waals surface area contributed by atoms with Gasteiger partial charge >= 0.3 is 5.97 Å². The molecule has 1 aliphatic rings. The van der Waals surface area contributed by atoms with Crippen molar-refractivity contribution in [2.45, 2.75) is 24.9 Å². The normalized spacial score (nSPS) is 17.3. The zero-order valence-electron chi connectivity index (χ0n) is 8.18. The van der Waals surface area contributed by atoms with Gasteiger partial charge in [0, 0.05) is 6.04 Å². The number of phenolic OH excluding ortho intramolecular Hbond substituents is 1. The second-order valence-corrected chi connectivity index (χ2v) is 3.80. The molecule has 1 aromatic carbocycles. The summed E-state index contributed by atoms with van der Waals surface area (Å²) in [5.74, 6) is -0.734. The number of rotatable bonds is 4. The smallest absolute Gasteiger partial charge is 0.325 e. The minimum Gasteiger partial charge on any atom is -0.508 e. The standard InChI is InChI=1S/C11H13NO3/c13-9-5-1-7(2-6-9)10(11(14)15)12-8-3-4-8/h1-2,5-6,8,10,12-13H,3-4H2,(H,14,15)/t10-/m0/s1. The van der Waals surface area contributed by atoms with Gasteiger partial charge in [0.2, 0.25) is 0 Å². The Kier molecular flexibility index (Phi) is 2.60. The van der Waals surface area contributed by atoms with Crippen LogP contribution in [0.3, 0.4) is 0 Å². The summed E-state index contributed by atoms with van der Waals surface area (Å²) in [4.78, 5) is 11.0. The Morgan fingerprint density at radius 1 is 1.33 bits per heavy atom. The number of hydrogen-bond donors (Lipinski definition) is 3. The van der Waals surface area contributed by atoms with Gasteiger partial charge in [-0.05, 0) is 30.5 Å². The monoisotopic (exact) mass is 207 g/mol. The SMILES string of the molecule is O=C(O)[C@@H](NC1CC1)c1ccc(O)cc1. The number of benzene rings is 1. The number of aromatic hydroxyl groups is 1. The molecule has 1 atom stereocenters. The molecule has 1 aromatic rings. The molecule has 1 saturated carbocycles. The molecule has 1 fully saturated rings. The Bertz CT molecular complexity index is 357. The molecule has 0 aromatic heterocycles. The van der Waals surface area contributed by atoms with Crippen molar-refractivity contribution >= 4 is 5.97 Å². The maximum atomic E-state index is 11.0. The second-order valence-electron chi connectivity index (χ2n) is 3.80. The van der Waals surface area contributed by atoms with Gasteiger partial charge in [-0.15, -0.1) is 0 Å². The molecule has 15 heavy (non-hydrogen) atoms. The molecule has 80 valence electrons. The van der Waals surface area contributed by atoms with Crippen LogP contribution in [0.4, 0.5) is 0 Å². The van der Waals surface area contributed by atoms with Crippen LogP contribution in [0.1, 0.15) is 24.4 Å². The third kappa shape index (κ3) is 2.47. The Hall–Kier alpha value is -1.55. The van der Waals surface area contributed by atoms with Gasteiger partial charge in [-0.25, -0.2) is 0 Å². The second kappa shape index (κ2) is 3.90. The van der Waals surface area contributed by atoms with Crippen LogP contribution in [-0.4, -0.2) is 22.2 Å². The fourth-order valence-corrected chi connectivity index (χ4v) is 1.46. The maximum absolute atomic E-state index is 11.0. The molecule has 0 radical (unpaired) electrons. The number of carboxylic acids is 1. The Balaban J connectivity index is 2.15. The molecule has 0 bridgehead atoms. The van der Waals surface area contributed by atoms with E-state index in [4.69, 9.17) is 10.2 Å². The van der Waals surface area contributed by atoms with Gasteiger partial charge in [0.25, 0.3) is 0 Å². The first-order valence-corrected chi connectivity index (χ1v) is 4.94. The van der Waals surface area contributed by atoms with Crippen LogP contribution in [0.15, 0.2) is 24.3 Å². The highest BCUT2D eigenvalue weighted by atomic mass is 16.4. The van der Waals surface area contributed by atoms with E-state index >= 15 is 0 Å². The van der Waals surface area contributed by atoms with E-state index in [9.17, 15) is 4.79 Å². The predicted octanol–water partition coefficient (Wildman–Crippen LogP) is 1.27. The van der Waals surface area contributed by atoms with E-state index < -0.39 is 12.0 Å². The van der Waals surface area contributed by atoms with Crippen molar-refractivity contribution in [2.75, 3.05) is 0 Å². The van der Waals surface area contributed by atoms with Crippen LogP contribution in [0, 0.1) is 0 Å². The van der Waals surface area contributed by atoms with Crippen LogP contribution < -0.4 is 5.32 Å². The van der Waals surface area contributed by atoms with Crippen LogP contribution in [0.25, 0.3) is 0 Å². The van der Waals surface area contributed by atoms with E-state index in [0.29, 0.717) is 11.6 Å². The molecule has 1 aliphatic carbocycles. The maximum Gasteiger partial charge on any atom is 0.325 e. The first kappa shape index (κ1) is 9.98. The minimum atomic E-state index is -0.882. The van der Waals surface area contributed by atoms with Gasteiger partial charge in [-0.2, -0.15) is 0 Å². The van der Waals surface area contributed by atoms with Crippen molar-refractivity contribution in [2.24, 2.45) is 0 Å². The van der Waals surface area contributed by atoms with Crippen molar-refractivity contribution in [3.8, 4) is 5.75 Å². The summed E-state index contributed by atoms with van der Waals surface area (Å²) in [5.41, 5.74) is 0.673. The van der Waals surface area contributed by atoms with E-state index in [1.807, 2.05) is 0 Å². The van der Waals surface area contributed by atoms with Gasteiger partial charge < -0.3 is 10.2 Å². The van der Waals surface area contributed by atoms with E-state index in [1.54, 1.807) is 12.1 Å². The lowest BCUT2D eigenvalue weighted by atomic mass is 10.1. The topological polar surface area (TPSA) is 69.6 Å². The Labute approximate surface area is 87.6 Å². The van der Waals surface area contributed by atoms with Crippen LogP contribution in [0.2, 0.25) is 0 Å². The lowest BCUT2D eigenvalue weighted by Crippen LogP contribution is -2.30. The number of carbonyl (C=O) groups is 1. The summed E-state index contributed by atoms with van der Waals surface area (Å²) in [5, 5.41) is 21.2. The van der Waals surface area contributed by atoms with Crippen molar-refractivity contribution in [1.82, 2.24) is 5.32 Å². The number of hydrogen-bond acceptors (Lipinski definition) is 3. The number of phenols is 1. The summed E-state index contributed by atoms with van der Waals surface area (Å²) < 4.78 is 0. The molecule has 3 N–H and O–H groups in total. The average Bonchev–Trinajstić information content (AvgIpc) is 2.99. The van der Waals surface area contributed by atoms with Crippen molar-refractivity contribution in [3.63, 3.8) is 0 Å². The Morgan fingerprint density at radius 3 is 2.40 bits per heavy atom. The largest absolute Gasteiger partial charge is 0.508 e. The predicted molar refractivity (Wildman–Crippen MR) is 54.6 cm³/mol. The third-order valence-electron chi connectivity index (χ3n) is 2.45. The molecule has 0 unspecified atom stereocenters. The molecule has 4 heteroatoms. The summed E-state index contributed by atoms with van der Waals surface area (Å²) >= 11 is 0. The summed E-state index contributed by atoms with van der Waals surface area (Å²) in [6.07, 6.45) is 2.09. The average molecular weight is 207 g/mol. The third-order valence-corrected chi connectivity index (χ3v) is 2.45. The van der Waals surface area contributed by atoms with Gasteiger partial charge in [0.05, 0.1) is 0 Å². The number of nitrogens with one attached hydrogen (secondary N) is 1. The number of carboxylic acid groups (broad SMARTS) is 1. The summed E-state index contributed by atoms with van der Waals surface area (Å²) in [6.45, 7) is 0. The lowest BCUT2D eigenvalue weighted by Gasteiger charge is -2.14. The Morgan fingerprint density at radius 2 is 1.93 bits per heavy atom. The highest BCUT2D eigenvalue weighted by molar-refractivity contribution is 5.75. The van der Waals surface area contributed by atoms with Crippen molar-refractivity contribution < 1.29 is 15.0 Å². The van der Waals surface area contributed by atoms with E-state index in [0.717, 1.165) is 12.8 Å². The van der Waals surface area contributed by atoms with Gasteiger partial charge in [-0.3, -0.25) is 10.1 Å². The quantitative estimate of drug-likeness (QED) is 0.695. The van der Waals surface area contributed by atoms with Crippen LogP contribution >= 0.6 is 0 Å². The molecular formula is C11H13NO3. The van der Waals surface area contributed by atoms with Crippen LogP contribution in [-0.2, 0) is 4.79 Å². The molecule has 0 saturated heterocycles. The molecular weight excluding hydrogens is 194 g/mol. The molecule has 2 rings (SSSR count). The van der Waals surface area contributed by atoms with Gasteiger partial charge in [-0.1, -0.05) is 12.1 Å². The van der Waals surface area contributed by atoms with Gasteiger partial charge in [0.15, 0.2) is 0 Å². The molecule has 0 spiro atoms. The molecule has 4 nitrogen and oxygen atoms in total. The first-order chi connectivity index (χ1) is 7.16. The molecule has 0 aliphatic heterocycles. The zero-order chi connectivity index (χ0) is 10.8. The highest BCUT2D eigenvalue weighted by Gasteiger charge is 2.29. The molecule has 0 heterocycles. The van der Waals surface area contributed by atoms with E-state index in [1.165, 1.54) is 12.1 Å². The zero-order valence-corrected chi connectivity index (χ0v) is 8.18. The minimum absolute atomic E-state index is 0.148. The van der Waals surface area contributed by atoms with Gasteiger partial charge in [0.1, 0.15) is 11.8 Å². The van der Waals surface area contributed by atoms with Crippen molar-refractivity contribution in [1.29, 1.82) is 0 Å². The summed E-state index contributed by atoms with van der Waals surface area (Å²) in [7, 11) is 0. The van der Waals surface area contributed by atoms with Crippen molar-refractivity contribution in [3.05, 3.63) is 29.8 Å².